The van der Waals surface area contributed by atoms with Gasteiger partial charge in [-0.3, -0.25) is 0 Å². The largest absolute Gasteiger partial charge is 0.389 e. The minimum Gasteiger partial charge on any atom is -0.389 e. The van der Waals surface area contributed by atoms with Crippen LogP contribution in [0.4, 0.5) is 0 Å². The molecule has 0 aliphatic heterocycles. The van der Waals surface area contributed by atoms with Crippen molar-refractivity contribution >= 4 is 0 Å². The highest BCUT2D eigenvalue weighted by molar-refractivity contribution is 5.39. The van der Waals surface area contributed by atoms with Gasteiger partial charge in [0.15, 0.2) is 0 Å². The molecule has 0 radical (unpaired) electrons. The van der Waals surface area contributed by atoms with Crippen molar-refractivity contribution in [2.45, 2.75) is 51.7 Å². The first-order chi connectivity index (χ1) is 10.5. The van der Waals surface area contributed by atoms with Crippen molar-refractivity contribution < 1.29 is 10.2 Å². The molecule has 0 amide bonds. The fourth-order valence-corrected chi connectivity index (χ4v) is 3.39. The van der Waals surface area contributed by atoms with E-state index in [-0.39, 0.29) is 0 Å². The predicted octanol–water partition coefficient (Wildman–Crippen LogP) is 3.68. The molecule has 0 heterocycles. The number of aryl methyl sites for hydroxylation is 4. The van der Waals surface area contributed by atoms with Gasteiger partial charge >= 0.3 is 0 Å². The maximum atomic E-state index is 10.1. The van der Waals surface area contributed by atoms with Crippen molar-refractivity contribution in [3.05, 3.63) is 69.8 Å². The average Bonchev–Trinajstić information content (AvgIpc) is 2.49. The first-order valence-corrected chi connectivity index (χ1v) is 8.14. The highest BCUT2D eigenvalue weighted by Gasteiger charge is 2.14. The zero-order chi connectivity index (χ0) is 15.7. The molecule has 4 aliphatic rings. The number of aliphatic hydroxyl groups excluding tert-OH is 2. The van der Waals surface area contributed by atoms with E-state index in [0.29, 0.717) is 0 Å². The molecule has 0 saturated carbocycles. The van der Waals surface area contributed by atoms with Crippen LogP contribution in [0.1, 0.15) is 59.4 Å². The summed E-state index contributed by atoms with van der Waals surface area (Å²) in [6.45, 7) is 3.67. The van der Waals surface area contributed by atoms with Crippen molar-refractivity contribution in [3.63, 3.8) is 0 Å². The van der Waals surface area contributed by atoms with Crippen LogP contribution in [0.5, 0.6) is 0 Å². The number of hydrogen-bond acceptors (Lipinski definition) is 2. The molecule has 2 atom stereocenters. The third kappa shape index (κ3) is 3.08. The lowest BCUT2D eigenvalue weighted by Crippen LogP contribution is -2.07. The van der Waals surface area contributed by atoms with Gasteiger partial charge in [-0.15, -0.1) is 0 Å². The van der Waals surface area contributed by atoms with Crippen LogP contribution in [0, 0.1) is 0 Å². The van der Waals surface area contributed by atoms with Crippen molar-refractivity contribution in [2.24, 2.45) is 0 Å². The van der Waals surface area contributed by atoms with Gasteiger partial charge in [-0.25, -0.2) is 0 Å². The van der Waals surface area contributed by atoms with E-state index in [1.165, 1.54) is 22.3 Å². The Morgan fingerprint density at radius 1 is 0.682 bits per heavy atom. The van der Waals surface area contributed by atoms with Gasteiger partial charge in [-0.05, 0) is 72.9 Å². The summed E-state index contributed by atoms with van der Waals surface area (Å²) in [5, 5.41) is 20.1. The molecule has 2 nitrogen and oxygen atoms in total. The Labute approximate surface area is 132 Å². The van der Waals surface area contributed by atoms with Gasteiger partial charge in [-0.1, -0.05) is 36.4 Å². The van der Waals surface area contributed by atoms with Gasteiger partial charge in [0.2, 0.25) is 0 Å². The second-order valence-electron chi connectivity index (χ2n) is 6.42. The Kier molecular flexibility index (Phi) is 4.32. The van der Waals surface area contributed by atoms with Crippen LogP contribution in [0.15, 0.2) is 36.4 Å². The summed E-state index contributed by atoms with van der Waals surface area (Å²) >= 11 is 0. The van der Waals surface area contributed by atoms with E-state index in [0.717, 1.165) is 36.8 Å². The molecule has 4 bridgehead atoms. The minimum absolute atomic E-state index is 0.435. The lowest BCUT2D eigenvalue weighted by Gasteiger charge is -2.19. The summed E-state index contributed by atoms with van der Waals surface area (Å²) in [5.74, 6) is 0. The summed E-state index contributed by atoms with van der Waals surface area (Å²) in [4.78, 5) is 0. The first-order valence-electron chi connectivity index (χ1n) is 8.14. The van der Waals surface area contributed by atoms with E-state index in [9.17, 15) is 10.2 Å². The average molecular weight is 296 g/mol. The highest BCUT2D eigenvalue weighted by Crippen LogP contribution is 2.27. The molecule has 0 saturated heterocycles. The van der Waals surface area contributed by atoms with Gasteiger partial charge in [-0.2, -0.15) is 0 Å². The van der Waals surface area contributed by atoms with Gasteiger partial charge in [0.25, 0.3) is 0 Å². The lowest BCUT2D eigenvalue weighted by atomic mass is 9.89. The van der Waals surface area contributed by atoms with Crippen molar-refractivity contribution in [1.29, 1.82) is 0 Å². The van der Waals surface area contributed by atoms with Crippen LogP contribution < -0.4 is 0 Å². The summed E-state index contributed by atoms with van der Waals surface area (Å²) in [7, 11) is 0. The fraction of sp³-hybridized carbons (Fsp3) is 0.400. The SMILES string of the molecule is C[C@@H](O)c1cc2ccc1CCc1ccc(cc1[C@@H](C)O)CC2. The first kappa shape index (κ1) is 15.3. The molecule has 22 heavy (non-hydrogen) atoms. The quantitative estimate of drug-likeness (QED) is 0.887. The number of hydrogen-bond donors (Lipinski definition) is 2. The van der Waals surface area contributed by atoms with Gasteiger partial charge in [0.05, 0.1) is 12.2 Å². The zero-order valence-electron chi connectivity index (χ0n) is 13.3. The molecule has 2 aromatic rings. The Hall–Kier alpha value is -1.64. The Balaban J connectivity index is 2.04. The maximum absolute atomic E-state index is 10.1. The van der Waals surface area contributed by atoms with Crippen LogP contribution in [-0.2, 0) is 25.7 Å². The molecule has 2 heteroatoms. The summed E-state index contributed by atoms with van der Waals surface area (Å²) in [6, 6.07) is 13.0. The molecule has 0 unspecified atom stereocenters. The van der Waals surface area contributed by atoms with Crippen molar-refractivity contribution in [3.8, 4) is 0 Å². The molecular weight excluding hydrogens is 272 g/mol. The third-order valence-electron chi connectivity index (χ3n) is 4.69. The van der Waals surface area contributed by atoms with Crippen molar-refractivity contribution in [2.75, 3.05) is 0 Å². The Morgan fingerprint density at radius 3 is 1.45 bits per heavy atom. The van der Waals surface area contributed by atoms with E-state index < -0.39 is 12.2 Å². The summed E-state index contributed by atoms with van der Waals surface area (Å²) in [5.41, 5.74) is 7.04. The number of benzene rings is 2. The molecule has 2 aromatic carbocycles. The van der Waals surface area contributed by atoms with Crippen LogP contribution in [-0.4, -0.2) is 10.2 Å². The molecule has 0 spiro atoms. The van der Waals surface area contributed by atoms with Crippen LogP contribution in [0.25, 0.3) is 0 Å². The monoisotopic (exact) mass is 296 g/mol. The number of rotatable bonds is 2. The highest BCUT2D eigenvalue weighted by atomic mass is 16.3. The molecule has 0 aromatic heterocycles. The molecule has 116 valence electrons. The fourth-order valence-electron chi connectivity index (χ4n) is 3.39. The zero-order valence-corrected chi connectivity index (χ0v) is 13.3. The predicted molar refractivity (Wildman–Crippen MR) is 89.0 cm³/mol. The Morgan fingerprint density at radius 2 is 1.09 bits per heavy atom. The van der Waals surface area contributed by atoms with Crippen LogP contribution in [0.2, 0.25) is 0 Å². The second-order valence-corrected chi connectivity index (χ2v) is 6.42. The maximum Gasteiger partial charge on any atom is 0.0764 e. The van der Waals surface area contributed by atoms with E-state index in [1.807, 2.05) is 13.8 Å². The third-order valence-corrected chi connectivity index (χ3v) is 4.69. The molecule has 4 aliphatic carbocycles. The smallest absolute Gasteiger partial charge is 0.0764 e. The van der Waals surface area contributed by atoms with Crippen molar-refractivity contribution in [1.82, 2.24) is 0 Å². The second kappa shape index (κ2) is 6.23. The molecule has 2 N–H and O–H groups in total. The van der Waals surface area contributed by atoms with E-state index in [4.69, 9.17) is 0 Å². The van der Waals surface area contributed by atoms with Gasteiger partial charge in [0, 0.05) is 0 Å². The number of aliphatic hydroxyl groups is 2. The van der Waals surface area contributed by atoms with E-state index >= 15 is 0 Å². The van der Waals surface area contributed by atoms with E-state index in [1.54, 1.807) is 0 Å². The van der Waals surface area contributed by atoms with E-state index in [2.05, 4.69) is 36.4 Å². The van der Waals surface area contributed by atoms with Crippen LogP contribution >= 0.6 is 0 Å². The topological polar surface area (TPSA) is 40.5 Å². The molecule has 0 fully saturated rings. The van der Waals surface area contributed by atoms with Crippen LogP contribution in [0.3, 0.4) is 0 Å². The normalized spacial score (nSPS) is 16.9. The summed E-state index contributed by atoms with van der Waals surface area (Å²) in [6.07, 6.45) is 2.82. The molecular formula is C20H24O2. The minimum atomic E-state index is -0.435. The van der Waals surface area contributed by atoms with Gasteiger partial charge in [0.1, 0.15) is 0 Å². The summed E-state index contributed by atoms with van der Waals surface area (Å²) < 4.78 is 0. The molecule has 6 rings (SSSR count). The van der Waals surface area contributed by atoms with Gasteiger partial charge < -0.3 is 10.2 Å². The standard InChI is InChI=1S/C20H24O2/c1-13(21)19-11-15-3-4-16-6-8-18(20(12-16)14(2)22)10-9-17(19)7-5-15/h5-8,11-14,21-22H,3-4,9-10H2,1-2H3/t13-,14-/m1/s1. The Bertz CT molecular complexity index is 612. The lowest BCUT2D eigenvalue weighted by molar-refractivity contribution is 0.197.